The fourth-order valence-electron chi connectivity index (χ4n) is 0.291. The van der Waals surface area contributed by atoms with E-state index in [0.29, 0.717) is 14.5 Å². The van der Waals surface area contributed by atoms with E-state index in [1.165, 1.54) is 0 Å². The van der Waals surface area contributed by atoms with Crippen molar-refractivity contribution in [3.63, 3.8) is 0 Å². The molecule has 0 aliphatic rings. The van der Waals surface area contributed by atoms with Crippen LogP contribution in [0.1, 0.15) is 13.8 Å². The zero-order chi connectivity index (χ0) is 6.73. The van der Waals surface area contributed by atoms with Crippen LogP contribution >= 0.6 is 47.8 Å². The molecular formula is C5H9Br3. The molecule has 1 atom stereocenters. The minimum Gasteiger partial charge on any atom is -0.0866 e. The third-order valence-corrected chi connectivity index (χ3v) is 5.02. The molecule has 0 saturated heterocycles. The lowest BCUT2D eigenvalue weighted by molar-refractivity contribution is 0.650. The molecule has 0 aromatic rings. The van der Waals surface area contributed by atoms with Gasteiger partial charge in [0.05, 0.1) is 3.74 Å². The maximum Gasteiger partial charge on any atom is 0.0824 e. The predicted molar refractivity (Wildman–Crippen MR) is 49.2 cm³/mol. The summed E-state index contributed by atoms with van der Waals surface area (Å²) in [4.78, 5) is 0.516. The smallest absolute Gasteiger partial charge is 0.0824 e. The van der Waals surface area contributed by atoms with E-state index < -0.39 is 0 Å². The average Bonchev–Trinajstić information content (AvgIpc) is 1.64. The second kappa shape index (κ2) is 4.29. The highest BCUT2D eigenvalue weighted by atomic mass is 79.9. The van der Waals surface area contributed by atoms with E-state index in [1.54, 1.807) is 0 Å². The molecule has 0 N–H and O–H groups in total. The highest BCUT2D eigenvalue weighted by Gasteiger charge is 2.15. The van der Waals surface area contributed by atoms with Crippen LogP contribution < -0.4 is 0 Å². The molecule has 0 heterocycles. The topological polar surface area (TPSA) is 0 Å². The number of alkyl halides is 3. The van der Waals surface area contributed by atoms with Gasteiger partial charge >= 0.3 is 0 Å². The molecule has 0 radical (unpaired) electrons. The molecule has 0 saturated carbocycles. The van der Waals surface area contributed by atoms with Gasteiger partial charge in [-0.3, -0.25) is 0 Å². The summed E-state index contributed by atoms with van der Waals surface area (Å²) in [5.41, 5.74) is 0. The zero-order valence-electron chi connectivity index (χ0n) is 4.87. The van der Waals surface area contributed by atoms with Crippen LogP contribution in [0, 0.1) is 5.92 Å². The standard InChI is InChI=1S/C5H9Br3/c1-3(2)4(6)5(7)8/h3-5H,1-2H3. The summed E-state index contributed by atoms with van der Waals surface area (Å²) in [5.74, 6) is 0.666. The van der Waals surface area contributed by atoms with E-state index in [-0.39, 0.29) is 0 Å². The molecule has 0 aliphatic heterocycles. The zero-order valence-corrected chi connectivity index (χ0v) is 9.62. The summed E-state index contributed by atoms with van der Waals surface area (Å²) in [7, 11) is 0. The third-order valence-electron chi connectivity index (χ3n) is 0.878. The Hall–Kier alpha value is 1.44. The van der Waals surface area contributed by atoms with E-state index in [4.69, 9.17) is 0 Å². The molecule has 0 aromatic carbocycles. The lowest BCUT2D eigenvalue weighted by atomic mass is 10.2. The normalized spacial score (nSPS) is 15.4. The number of halogens is 3. The molecule has 1 unspecified atom stereocenters. The van der Waals surface area contributed by atoms with Crippen molar-refractivity contribution in [3.05, 3.63) is 0 Å². The molecule has 8 heavy (non-hydrogen) atoms. The second-order valence-corrected chi connectivity index (χ2v) is 6.28. The van der Waals surface area contributed by atoms with Gasteiger partial charge in [-0.2, -0.15) is 0 Å². The van der Waals surface area contributed by atoms with E-state index >= 15 is 0 Å². The third kappa shape index (κ3) is 3.46. The summed E-state index contributed by atoms with van der Waals surface area (Å²) < 4.78 is 0.384. The number of hydrogen-bond acceptors (Lipinski definition) is 0. The molecule has 0 aromatic heterocycles. The maximum atomic E-state index is 3.51. The molecule has 3 heteroatoms. The number of hydrogen-bond donors (Lipinski definition) is 0. The molecule has 0 fully saturated rings. The summed E-state index contributed by atoms with van der Waals surface area (Å²) in [6, 6.07) is 0. The lowest BCUT2D eigenvalue weighted by Crippen LogP contribution is -2.13. The highest BCUT2D eigenvalue weighted by Crippen LogP contribution is 2.25. The Kier molecular flexibility index (Phi) is 5.06. The van der Waals surface area contributed by atoms with E-state index in [2.05, 4.69) is 61.6 Å². The number of rotatable bonds is 2. The first-order chi connectivity index (χ1) is 3.55. The van der Waals surface area contributed by atoms with E-state index in [1.807, 2.05) is 0 Å². The van der Waals surface area contributed by atoms with Gasteiger partial charge in [-0.05, 0) is 5.92 Å². The summed E-state index contributed by atoms with van der Waals surface area (Å²) >= 11 is 10.3. The predicted octanol–water partition coefficient (Wildman–Crippen LogP) is 3.52. The molecule has 0 amide bonds. The molecule has 0 spiro atoms. The van der Waals surface area contributed by atoms with Crippen molar-refractivity contribution in [2.24, 2.45) is 5.92 Å². The van der Waals surface area contributed by atoms with Crippen molar-refractivity contribution < 1.29 is 0 Å². The fourth-order valence-corrected chi connectivity index (χ4v) is 1.51. The van der Waals surface area contributed by atoms with Gasteiger partial charge in [-0.1, -0.05) is 61.6 Å². The van der Waals surface area contributed by atoms with Gasteiger partial charge in [0, 0.05) is 4.83 Å². The van der Waals surface area contributed by atoms with Crippen LogP contribution in [0.15, 0.2) is 0 Å². The Morgan fingerprint density at radius 2 is 1.38 bits per heavy atom. The van der Waals surface area contributed by atoms with Gasteiger partial charge in [0.15, 0.2) is 0 Å². The van der Waals surface area contributed by atoms with Crippen molar-refractivity contribution in [1.82, 2.24) is 0 Å². The molecule has 0 nitrogen and oxygen atoms in total. The average molecular weight is 309 g/mol. The van der Waals surface area contributed by atoms with Gasteiger partial charge in [-0.15, -0.1) is 0 Å². The van der Waals surface area contributed by atoms with Gasteiger partial charge in [-0.25, -0.2) is 0 Å². The van der Waals surface area contributed by atoms with Gasteiger partial charge in [0.1, 0.15) is 0 Å². The highest BCUT2D eigenvalue weighted by molar-refractivity contribution is 9.25. The summed E-state index contributed by atoms with van der Waals surface area (Å²) in [6.07, 6.45) is 0. The minimum atomic E-state index is 0.384. The van der Waals surface area contributed by atoms with Crippen LogP contribution in [0.5, 0.6) is 0 Å². The fraction of sp³-hybridized carbons (Fsp3) is 1.00. The summed E-state index contributed by atoms with van der Waals surface area (Å²) in [5, 5.41) is 0. The van der Waals surface area contributed by atoms with Gasteiger partial charge in [0.25, 0.3) is 0 Å². The van der Waals surface area contributed by atoms with Gasteiger partial charge < -0.3 is 0 Å². The first-order valence-corrected chi connectivity index (χ1v) is 5.22. The van der Waals surface area contributed by atoms with E-state index in [0.717, 1.165) is 0 Å². The first-order valence-electron chi connectivity index (χ1n) is 2.48. The monoisotopic (exact) mass is 306 g/mol. The van der Waals surface area contributed by atoms with Crippen LogP contribution in [0.4, 0.5) is 0 Å². The largest absolute Gasteiger partial charge is 0.0866 e. The van der Waals surface area contributed by atoms with Crippen molar-refractivity contribution >= 4 is 47.8 Å². The van der Waals surface area contributed by atoms with E-state index in [9.17, 15) is 0 Å². The molecule has 0 aliphatic carbocycles. The van der Waals surface area contributed by atoms with Crippen LogP contribution in [-0.2, 0) is 0 Å². The Morgan fingerprint density at radius 3 is 1.38 bits per heavy atom. The maximum absolute atomic E-state index is 3.51. The van der Waals surface area contributed by atoms with Gasteiger partial charge in [0.2, 0.25) is 0 Å². The summed E-state index contributed by atoms with van der Waals surface area (Å²) in [6.45, 7) is 4.35. The van der Waals surface area contributed by atoms with Crippen LogP contribution in [0.2, 0.25) is 0 Å². The molecular weight excluding hydrogens is 300 g/mol. The minimum absolute atomic E-state index is 0.384. The second-order valence-electron chi connectivity index (χ2n) is 2.02. The van der Waals surface area contributed by atoms with Crippen LogP contribution in [0.25, 0.3) is 0 Å². The van der Waals surface area contributed by atoms with Crippen molar-refractivity contribution in [2.75, 3.05) is 0 Å². The Labute approximate surface area is 75.8 Å². The molecule has 50 valence electrons. The molecule has 0 bridgehead atoms. The SMILES string of the molecule is CC(C)C(Br)C(Br)Br. The van der Waals surface area contributed by atoms with Crippen molar-refractivity contribution in [1.29, 1.82) is 0 Å². The Bertz CT molecular complexity index is 52.7. The van der Waals surface area contributed by atoms with Crippen LogP contribution in [-0.4, -0.2) is 8.56 Å². The Balaban J connectivity index is 3.46. The first kappa shape index (κ1) is 9.44. The van der Waals surface area contributed by atoms with Crippen molar-refractivity contribution in [3.8, 4) is 0 Å². The quantitative estimate of drug-likeness (QED) is 0.685. The lowest BCUT2D eigenvalue weighted by Gasteiger charge is -2.13. The Morgan fingerprint density at radius 1 is 1.00 bits per heavy atom. The molecule has 0 rings (SSSR count). The van der Waals surface area contributed by atoms with Crippen LogP contribution in [0.3, 0.4) is 0 Å². The van der Waals surface area contributed by atoms with Crippen molar-refractivity contribution in [2.45, 2.75) is 22.4 Å².